The number of amides is 2. The second-order valence-corrected chi connectivity index (χ2v) is 8.52. The molecule has 2 amide bonds. The van der Waals surface area contributed by atoms with E-state index in [4.69, 9.17) is 23.2 Å². The molecule has 1 atom stereocenters. The summed E-state index contributed by atoms with van der Waals surface area (Å²) in [6.45, 7) is 1.74. The third-order valence-electron chi connectivity index (χ3n) is 3.95. The molecule has 1 aliphatic heterocycles. The van der Waals surface area contributed by atoms with Crippen molar-refractivity contribution < 1.29 is 18.0 Å². The molecule has 0 unspecified atom stereocenters. The highest BCUT2D eigenvalue weighted by molar-refractivity contribution is 7.92. The minimum atomic E-state index is -3.92. The van der Waals surface area contributed by atoms with Crippen LogP contribution >= 0.6 is 23.2 Å². The molecular formula is C17H15Cl2N3O4S. The maximum atomic E-state index is 12.6. The van der Waals surface area contributed by atoms with Crippen LogP contribution in [0.25, 0.3) is 0 Å². The molecule has 2 N–H and O–H groups in total. The van der Waals surface area contributed by atoms with Crippen LogP contribution in [0.15, 0.2) is 47.4 Å². The van der Waals surface area contributed by atoms with E-state index in [0.29, 0.717) is 0 Å². The molecule has 0 spiro atoms. The zero-order valence-electron chi connectivity index (χ0n) is 14.1. The lowest BCUT2D eigenvalue weighted by molar-refractivity contribution is -0.120. The van der Waals surface area contributed by atoms with Gasteiger partial charge in [-0.3, -0.25) is 19.7 Å². The van der Waals surface area contributed by atoms with Crippen LogP contribution in [0.5, 0.6) is 0 Å². The maximum absolute atomic E-state index is 12.6. The van der Waals surface area contributed by atoms with E-state index in [1.807, 2.05) is 0 Å². The molecule has 3 rings (SSSR count). The van der Waals surface area contributed by atoms with E-state index >= 15 is 0 Å². The molecule has 27 heavy (non-hydrogen) atoms. The average molecular weight is 428 g/mol. The van der Waals surface area contributed by atoms with Gasteiger partial charge in [-0.25, -0.2) is 13.4 Å². The van der Waals surface area contributed by atoms with E-state index < -0.39 is 15.9 Å². The number of halogens is 2. The van der Waals surface area contributed by atoms with Crippen molar-refractivity contribution in [3.63, 3.8) is 0 Å². The van der Waals surface area contributed by atoms with Crippen LogP contribution in [0.2, 0.25) is 10.0 Å². The van der Waals surface area contributed by atoms with Crippen LogP contribution in [-0.4, -0.2) is 31.3 Å². The predicted molar refractivity (Wildman–Crippen MR) is 102 cm³/mol. The Kier molecular flexibility index (Phi) is 5.32. The number of benzene rings is 2. The van der Waals surface area contributed by atoms with Crippen molar-refractivity contribution in [2.45, 2.75) is 24.3 Å². The van der Waals surface area contributed by atoms with Gasteiger partial charge >= 0.3 is 0 Å². The summed E-state index contributed by atoms with van der Waals surface area (Å²) in [6.07, 6.45) is 0.218. The number of carbonyl (C=O) groups excluding carboxylic acids is 2. The minimum absolute atomic E-state index is 0.0611. The number of nitrogens with zero attached hydrogens (tertiary/aromatic N) is 1. The molecule has 0 aliphatic carbocycles. The number of rotatable bonds is 4. The first-order valence-electron chi connectivity index (χ1n) is 7.88. The predicted octanol–water partition coefficient (Wildman–Crippen LogP) is 3.06. The molecule has 2 aromatic carbocycles. The standard InChI is InChI=1S/C17H15Cl2N3O4S/c1-10-7-16(23)20-22(10)17(24)11-3-2-4-12(8-11)21-27(25,26)13-5-6-14(18)15(19)9-13/h2-6,8-10,21H,7H2,1H3,(H,20,23)/t10-/m1/s1. The summed E-state index contributed by atoms with van der Waals surface area (Å²) >= 11 is 11.7. The molecule has 0 bridgehead atoms. The molecule has 1 aliphatic rings. The third-order valence-corrected chi connectivity index (χ3v) is 6.07. The molecule has 1 saturated heterocycles. The van der Waals surface area contributed by atoms with Gasteiger partial charge in [0, 0.05) is 11.3 Å². The first kappa shape index (κ1) is 19.5. The van der Waals surface area contributed by atoms with Gasteiger partial charge in [0.25, 0.3) is 15.9 Å². The quantitative estimate of drug-likeness (QED) is 0.783. The molecule has 142 valence electrons. The van der Waals surface area contributed by atoms with Gasteiger partial charge in [0.15, 0.2) is 0 Å². The summed E-state index contributed by atoms with van der Waals surface area (Å²) in [7, 11) is -3.92. The minimum Gasteiger partial charge on any atom is -0.280 e. The Balaban J connectivity index is 1.84. The number of sulfonamides is 1. The maximum Gasteiger partial charge on any atom is 0.272 e. The van der Waals surface area contributed by atoms with Gasteiger partial charge in [-0.15, -0.1) is 0 Å². The first-order chi connectivity index (χ1) is 12.7. The molecule has 2 aromatic rings. The summed E-state index contributed by atoms with van der Waals surface area (Å²) in [5, 5.41) is 1.58. The number of nitrogens with one attached hydrogen (secondary N) is 2. The van der Waals surface area contributed by atoms with Gasteiger partial charge in [-0.1, -0.05) is 29.3 Å². The van der Waals surface area contributed by atoms with Crippen molar-refractivity contribution in [1.29, 1.82) is 0 Å². The topological polar surface area (TPSA) is 95.6 Å². The Bertz CT molecular complexity index is 1030. The van der Waals surface area contributed by atoms with Crippen molar-refractivity contribution in [3.05, 3.63) is 58.1 Å². The number of carbonyl (C=O) groups is 2. The van der Waals surface area contributed by atoms with Crippen molar-refractivity contribution in [1.82, 2.24) is 10.4 Å². The zero-order valence-corrected chi connectivity index (χ0v) is 16.4. The summed E-state index contributed by atoms with van der Waals surface area (Å²) in [5.41, 5.74) is 2.92. The van der Waals surface area contributed by atoms with Gasteiger partial charge in [0.05, 0.1) is 27.4 Å². The highest BCUT2D eigenvalue weighted by atomic mass is 35.5. The van der Waals surface area contributed by atoms with Gasteiger partial charge in [0.2, 0.25) is 5.91 Å². The highest BCUT2D eigenvalue weighted by Gasteiger charge is 2.31. The third kappa shape index (κ3) is 4.18. The van der Waals surface area contributed by atoms with E-state index in [0.717, 1.165) is 0 Å². The van der Waals surface area contributed by atoms with Gasteiger partial charge in [0.1, 0.15) is 0 Å². The van der Waals surface area contributed by atoms with E-state index in [9.17, 15) is 18.0 Å². The lowest BCUT2D eigenvalue weighted by Crippen LogP contribution is -2.42. The van der Waals surface area contributed by atoms with Gasteiger partial charge in [-0.2, -0.15) is 0 Å². The van der Waals surface area contributed by atoms with Crippen molar-refractivity contribution in [2.75, 3.05) is 4.72 Å². The normalized spacial score (nSPS) is 16.9. The summed E-state index contributed by atoms with van der Waals surface area (Å²) in [6, 6.07) is 9.65. The number of hydrogen-bond donors (Lipinski definition) is 2. The molecule has 1 heterocycles. The Labute approximate surface area is 166 Å². The zero-order chi connectivity index (χ0) is 19.8. The first-order valence-corrected chi connectivity index (χ1v) is 10.1. The van der Waals surface area contributed by atoms with E-state index in [-0.39, 0.29) is 44.6 Å². The van der Waals surface area contributed by atoms with Crippen molar-refractivity contribution in [2.24, 2.45) is 0 Å². The monoisotopic (exact) mass is 427 g/mol. The second kappa shape index (κ2) is 7.38. The number of anilines is 1. The fourth-order valence-electron chi connectivity index (χ4n) is 2.61. The van der Waals surface area contributed by atoms with Crippen molar-refractivity contribution in [3.8, 4) is 0 Å². The van der Waals surface area contributed by atoms with Crippen LogP contribution in [0.1, 0.15) is 23.7 Å². The van der Waals surface area contributed by atoms with Crippen LogP contribution in [0.4, 0.5) is 5.69 Å². The number of hydrazine groups is 1. The Hall–Kier alpha value is -2.29. The van der Waals surface area contributed by atoms with Crippen LogP contribution in [0.3, 0.4) is 0 Å². The lowest BCUT2D eigenvalue weighted by atomic mass is 10.1. The molecular weight excluding hydrogens is 413 g/mol. The summed E-state index contributed by atoms with van der Waals surface area (Å²) in [5.74, 6) is -0.670. The fourth-order valence-corrected chi connectivity index (χ4v) is 4.05. The largest absolute Gasteiger partial charge is 0.280 e. The van der Waals surface area contributed by atoms with Crippen LogP contribution < -0.4 is 10.1 Å². The summed E-state index contributed by atoms with van der Waals surface area (Å²) < 4.78 is 27.5. The van der Waals surface area contributed by atoms with E-state index in [1.165, 1.54) is 41.4 Å². The SMILES string of the molecule is C[C@@H]1CC(=O)NN1C(=O)c1cccc(NS(=O)(=O)c2ccc(Cl)c(Cl)c2)c1. The Morgan fingerprint density at radius 2 is 1.93 bits per heavy atom. The Morgan fingerprint density at radius 3 is 2.56 bits per heavy atom. The van der Waals surface area contributed by atoms with Gasteiger partial charge < -0.3 is 0 Å². The van der Waals surface area contributed by atoms with E-state index in [2.05, 4.69) is 10.1 Å². The molecule has 10 heteroatoms. The summed E-state index contributed by atoms with van der Waals surface area (Å²) in [4.78, 5) is 24.0. The molecule has 0 aromatic heterocycles. The number of hydrogen-bond acceptors (Lipinski definition) is 4. The Morgan fingerprint density at radius 1 is 1.19 bits per heavy atom. The smallest absolute Gasteiger partial charge is 0.272 e. The van der Waals surface area contributed by atoms with Crippen LogP contribution in [-0.2, 0) is 14.8 Å². The molecule has 7 nitrogen and oxygen atoms in total. The van der Waals surface area contributed by atoms with Crippen molar-refractivity contribution >= 4 is 50.7 Å². The second-order valence-electron chi connectivity index (χ2n) is 6.03. The van der Waals surface area contributed by atoms with E-state index in [1.54, 1.807) is 13.0 Å². The molecule has 0 saturated carbocycles. The average Bonchev–Trinajstić information content (AvgIpc) is 2.94. The fraction of sp³-hybridized carbons (Fsp3) is 0.176. The molecule has 0 radical (unpaired) electrons. The lowest BCUT2D eigenvalue weighted by Gasteiger charge is -2.20. The van der Waals surface area contributed by atoms with Crippen LogP contribution in [0, 0.1) is 0 Å². The van der Waals surface area contributed by atoms with Gasteiger partial charge in [-0.05, 0) is 43.3 Å². The highest BCUT2D eigenvalue weighted by Crippen LogP contribution is 2.26. The molecule has 1 fully saturated rings.